The molecule has 6 heteroatoms. The zero-order valence-corrected chi connectivity index (χ0v) is 12.4. The Balaban J connectivity index is 2.07. The highest BCUT2D eigenvalue weighted by molar-refractivity contribution is 5.86. The van der Waals surface area contributed by atoms with Gasteiger partial charge in [0.05, 0.1) is 11.4 Å². The Morgan fingerprint density at radius 1 is 1.22 bits per heavy atom. The maximum absolute atomic E-state index is 13.0. The van der Waals surface area contributed by atoms with E-state index in [2.05, 4.69) is 10.3 Å². The van der Waals surface area contributed by atoms with Crippen LogP contribution in [0.3, 0.4) is 0 Å². The van der Waals surface area contributed by atoms with E-state index in [9.17, 15) is 14.3 Å². The Hall–Kier alpha value is -3.02. The molecule has 1 heterocycles. The number of rotatable bonds is 4. The second kappa shape index (κ2) is 6.00. The minimum absolute atomic E-state index is 0.101. The van der Waals surface area contributed by atoms with Gasteiger partial charge in [-0.2, -0.15) is 0 Å². The second-order valence-corrected chi connectivity index (χ2v) is 5.24. The first-order valence-electron chi connectivity index (χ1n) is 7.04. The third-order valence-corrected chi connectivity index (χ3v) is 3.50. The molecule has 0 saturated carbocycles. The van der Waals surface area contributed by atoms with Crippen LogP contribution in [-0.2, 0) is 6.42 Å². The van der Waals surface area contributed by atoms with E-state index in [0.29, 0.717) is 12.1 Å². The first kappa shape index (κ1) is 14.9. The van der Waals surface area contributed by atoms with Crippen molar-refractivity contribution in [3.05, 3.63) is 76.9 Å². The van der Waals surface area contributed by atoms with Crippen LogP contribution in [0.1, 0.15) is 27.3 Å². The summed E-state index contributed by atoms with van der Waals surface area (Å²) in [5.74, 6) is -1.47. The highest BCUT2D eigenvalue weighted by atomic mass is 19.1. The molecule has 2 aromatic carbocycles. The molecule has 0 aliphatic heterocycles. The largest absolute Gasteiger partial charge is 0.476 e. The van der Waals surface area contributed by atoms with Gasteiger partial charge in [0, 0.05) is 6.42 Å². The van der Waals surface area contributed by atoms with Crippen molar-refractivity contribution >= 4 is 5.97 Å². The highest BCUT2D eigenvalue weighted by Gasteiger charge is 2.20. The molecule has 0 aliphatic carbocycles. The summed E-state index contributed by atoms with van der Waals surface area (Å²) in [5.41, 5.74) is 2.90. The normalized spacial score (nSPS) is 10.7. The zero-order valence-electron chi connectivity index (χ0n) is 12.4. The highest BCUT2D eigenvalue weighted by Crippen LogP contribution is 2.18. The molecular formula is C17H14FN3O2. The maximum Gasteiger partial charge on any atom is 0.358 e. The number of aromatic nitrogens is 3. The van der Waals surface area contributed by atoms with Gasteiger partial charge in [-0.1, -0.05) is 29.5 Å². The number of nitrogens with zero attached hydrogens (tertiary/aromatic N) is 3. The lowest BCUT2D eigenvalue weighted by molar-refractivity contribution is 0.0689. The van der Waals surface area contributed by atoms with Gasteiger partial charge in [-0.25, -0.2) is 13.9 Å². The van der Waals surface area contributed by atoms with E-state index < -0.39 is 5.97 Å². The van der Waals surface area contributed by atoms with Gasteiger partial charge in [0.2, 0.25) is 0 Å². The number of hydrogen-bond acceptors (Lipinski definition) is 3. The van der Waals surface area contributed by atoms with Gasteiger partial charge in [0.25, 0.3) is 0 Å². The van der Waals surface area contributed by atoms with E-state index in [0.717, 1.165) is 16.8 Å². The average molecular weight is 311 g/mol. The van der Waals surface area contributed by atoms with Crippen LogP contribution in [0.2, 0.25) is 0 Å². The molecule has 1 N–H and O–H groups in total. The number of halogens is 1. The smallest absolute Gasteiger partial charge is 0.358 e. The number of benzene rings is 2. The van der Waals surface area contributed by atoms with Crippen LogP contribution < -0.4 is 0 Å². The van der Waals surface area contributed by atoms with E-state index in [1.54, 1.807) is 12.1 Å². The van der Waals surface area contributed by atoms with E-state index in [4.69, 9.17) is 0 Å². The molecule has 0 fully saturated rings. The summed E-state index contributed by atoms with van der Waals surface area (Å²) >= 11 is 0. The summed E-state index contributed by atoms with van der Waals surface area (Å²) in [7, 11) is 0. The SMILES string of the molecule is Cc1cccc(-n2nnc(C(=O)O)c2Cc2ccc(F)cc2)c1. The van der Waals surface area contributed by atoms with Gasteiger partial charge < -0.3 is 5.11 Å². The molecule has 0 unspecified atom stereocenters. The Morgan fingerprint density at radius 3 is 2.61 bits per heavy atom. The van der Waals surface area contributed by atoms with Crippen LogP contribution in [0.5, 0.6) is 0 Å². The number of hydrogen-bond donors (Lipinski definition) is 1. The van der Waals surface area contributed by atoms with Crippen molar-refractivity contribution in [2.45, 2.75) is 13.3 Å². The van der Waals surface area contributed by atoms with Crippen LogP contribution in [-0.4, -0.2) is 26.1 Å². The van der Waals surface area contributed by atoms with Crippen molar-refractivity contribution in [1.82, 2.24) is 15.0 Å². The molecule has 0 saturated heterocycles. The summed E-state index contributed by atoms with van der Waals surface area (Å²) in [6.45, 7) is 1.94. The lowest BCUT2D eigenvalue weighted by Crippen LogP contribution is -2.08. The van der Waals surface area contributed by atoms with Crippen molar-refractivity contribution in [3.63, 3.8) is 0 Å². The molecule has 0 bridgehead atoms. The number of carbonyl (C=O) groups is 1. The van der Waals surface area contributed by atoms with E-state index in [1.165, 1.54) is 16.8 Å². The fourth-order valence-corrected chi connectivity index (χ4v) is 2.39. The van der Waals surface area contributed by atoms with E-state index in [1.807, 2.05) is 31.2 Å². The van der Waals surface area contributed by atoms with Gasteiger partial charge in [-0.05, 0) is 42.3 Å². The molecule has 3 aromatic rings. The number of aryl methyl sites for hydroxylation is 1. The van der Waals surface area contributed by atoms with E-state index in [-0.39, 0.29) is 11.5 Å². The van der Waals surface area contributed by atoms with Crippen molar-refractivity contribution in [1.29, 1.82) is 0 Å². The van der Waals surface area contributed by atoms with Crippen molar-refractivity contribution in [2.24, 2.45) is 0 Å². The predicted molar refractivity (Wildman–Crippen MR) is 82.3 cm³/mol. The number of aromatic carboxylic acids is 1. The summed E-state index contributed by atoms with van der Waals surface area (Å²) < 4.78 is 14.6. The number of carboxylic acid groups (broad SMARTS) is 1. The molecule has 0 amide bonds. The summed E-state index contributed by atoms with van der Waals surface area (Å²) in [6, 6.07) is 13.5. The third-order valence-electron chi connectivity index (χ3n) is 3.50. The second-order valence-electron chi connectivity index (χ2n) is 5.24. The van der Waals surface area contributed by atoms with Crippen LogP contribution in [0.15, 0.2) is 48.5 Å². The Labute approximate surface area is 132 Å². The van der Waals surface area contributed by atoms with Crippen molar-refractivity contribution < 1.29 is 14.3 Å². The zero-order chi connectivity index (χ0) is 16.4. The summed E-state index contributed by atoms with van der Waals surface area (Å²) in [5, 5.41) is 17.1. The monoisotopic (exact) mass is 311 g/mol. The van der Waals surface area contributed by atoms with Crippen LogP contribution >= 0.6 is 0 Å². The molecule has 0 radical (unpaired) electrons. The Kier molecular flexibility index (Phi) is 3.89. The van der Waals surface area contributed by atoms with Gasteiger partial charge >= 0.3 is 5.97 Å². The van der Waals surface area contributed by atoms with Crippen LogP contribution in [0.25, 0.3) is 5.69 Å². The van der Waals surface area contributed by atoms with Crippen molar-refractivity contribution in [2.75, 3.05) is 0 Å². The first-order valence-corrected chi connectivity index (χ1v) is 7.04. The fourth-order valence-electron chi connectivity index (χ4n) is 2.39. The van der Waals surface area contributed by atoms with Crippen LogP contribution in [0, 0.1) is 12.7 Å². The molecule has 0 spiro atoms. The lowest BCUT2D eigenvalue weighted by Gasteiger charge is -2.08. The fraction of sp³-hybridized carbons (Fsp3) is 0.118. The van der Waals surface area contributed by atoms with Gasteiger partial charge in [-0.15, -0.1) is 5.10 Å². The molecule has 3 rings (SSSR count). The third kappa shape index (κ3) is 3.11. The van der Waals surface area contributed by atoms with Gasteiger partial charge in [0.15, 0.2) is 5.69 Å². The van der Waals surface area contributed by atoms with E-state index >= 15 is 0 Å². The molecule has 0 aliphatic rings. The average Bonchev–Trinajstić information content (AvgIpc) is 2.93. The van der Waals surface area contributed by atoms with Crippen LogP contribution in [0.4, 0.5) is 4.39 Å². The molecule has 5 nitrogen and oxygen atoms in total. The Morgan fingerprint density at radius 2 is 1.96 bits per heavy atom. The van der Waals surface area contributed by atoms with Crippen molar-refractivity contribution in [3.8, 4) is 5.69 Å². The molecule has 23 heavy (non-hydrogen) atoms. The standard InChI is InChI=1S/C17H14FN3O2/c1-11-3-2-4-14(9-11)21-15(16(17(22)23)19-20-21)10-12-5-7-13(18)8-6-12/h2-9H,10H2,1H3,(H,22,23). The molecule has 1 aromatic heterocycles. The first-order chi connectivity index (χ1) is 11.0. The van der Waals surface area contributed by atoms with Gasteiger partial charge in [0.1, 0.15) is 5.82 Å². The number of carboxylic acids is 1. The van der Waals surface area contributed by atoms with Gasteiger partial charge in [-0.3, -0.25) is 0 Å². The maximum atomic E-state index is 13.0. The Bertz CT molecular complexity index is 857. The molecule has 116 valence electrons. The molecule has 0 atom stereocenters. The molecular weight excluding hydrogens is 297 g/mol. The topological polar surface area (TPSA) is 68.0 Å². The minimum Gasteiger partial charge on any atom is -0.476 e. The predicted octanol–water partition coefficient (Wildman–Crippen LogP) is 3.00. The summed E-state index contributed by atoms with van der Waals surface area (Å²) in [4.78, 5) is 11.4. The quantitative estimate of drug-likeness (QED) is 0.804. The lowest BCUT2D eigenvalue weighted by atomic mass is 10.1. The summed E-state index contributed by atoms with van der Waals surface area (Å²) in [6.07, 6.45) is 0.294. The minimum atomic E-state index is -1.14.